The van der Waals surface area contributed by atoms with Gasteiger partial charge in [0.1, 0.15) is 0 Å². The molecule has 2 aliphatic heterocycles. The fourth-order valence-corrected chi connectivity index (χ4v) is 4.33. The Bertz CT molecular complexity index is 623. The van der Waals surface area contributed by atoms with Gasteiger partial charge in [0.2, 0.25) is 0 Å². The molecule has 0 saturated carbocycles. The van der Waals surface area contributed by atoms with Gasteiger partial charge in [0, 0.05) is 44.8 Å². The molecule has 7 heteroatoms. The number of likely N-dealkylation sites (tertiary alicyclic amines) is 1. The SMILES string of the molecule is CCNC(=NCC1(CCO)CCOC1)NCC1CCN(CCc2ccccc2)C1.I. The summed E-state index contributed by atoms with van der Waals surface area (Å²) in [5.41, 5.74) is 1.42. The van der Waals surface area contributed by atoms with E-state index in [-0.39, 0.29) is 36.0 Å². The van der Waals surface area contributed by atoms with Gasteiger partial charge in [-0.2, -0.15) is 0 Å². The van der Waals surface area contributed by atoms with E-state index in [9.17, 15) is 5.11 Å². The summed E-state index contributed by atoms with van der Waals surface area (Å²) in [6.45, 7) is 9.76. The topological polar surface area (TPSA) is 69.1 Å². The minimum Gasteiger partial charge on any atom is -0.396 e. The molecule has 6 nitrogen and oxygen atoms in total. The predicted octanol–water partition coefficient (Wildman–Crippen LogP) is 2.51. The second-order valence-electron chi connectivity index (χ2n) is 8.54. The summed E-state index contributed by atoms with van der Waals surface area (Å²) in [6, 6.07) is 10.8. The maximum absolute atomic E-state index is 9.41. The van der Waals surface area contributed by atoms with Crippen LogP contribution >= 0.6 is 24.0 Å². The van der Waals surface area contributed by atoms with Crippen molar-refractivity contribution in [1.82, 2.24) is 15.5 Å². The van der Waals surface area contributed by atoms with Gasteiger partial charge in [-0.3, -0.25) is 4.99 Å². The van der Waals surface area contributed by atoms with Crippen LogP contribution in [0, 0.1) is 11.3 Å². The van der Waals surface area contributed by atoms with Crippen LogP contribution in [0.15, 0.2) is 35.3 Å². The third kappa shape index (κ3) is 7.98. The maximum Gasteiger partial charge on any atom is 0.191 e. The van der Waals surface area contributed by atoms with Gasteiger partial charge in [-0.15, -0.1) is 24.0 Å². The smallest absolute Gasteiger partial charge is 0.191 e. The molecule has 0 amide bonds. The molecule has 3 N–H and O–H groups in total. The average molecular weight is 530 g/mol. The van der Waals surface area contributed by atoms with Crippen molar-refractivity contribution in [2.45, 2.75) is 32.6 Å². The summed E-state index contributed by atoms with van der Waals surface area (Å²) >= 11 is 0. The van der Waals surface area contributed by atoms with Gasteiger partial charge in [-0.1, -0.05) is 30.3 Å². The van der Waals surface area contributed by atoms with Gasteiger partial charge in [0.05, 0.1) is 13.2 Å². The predicted molar refractivity (Wildman–Crippen MR) is 134 cm³/mol. The molecule has 0 radical (unpaired) electrons. The van der Waals surface area contributed by atoms with Crippen LogP contribution in [0.25, 0.3) is 0 Å². The number of aliphatic hydroxyl groups excluding tert-OH is 1. The summed E-state index contributed by atoms with van der Waals surface area (Å²) in [5, 5.41) is 16.3. The minimum atomic E-state index is -0.00129. The summed E-state index contributed by atoms with van der Waals surface area (Å²) in [6.07, 6.45) is 4.11. The van der Waals surface area contributed by atoms with E-state index in [1.807, 2.05) is 0 Å². The van der Waals surface area contributed by atoms with E-state index in [0.29, 0.717) is 19.1 Å². The van der Waals surface area contributed by atoms with Crippen molar-refractivity contribution in [3.63, 3.8) is 0 Å². The van der Waals surface area contributed by atoms with Crippen LogP contribution in [0.2, 0.25) is 0 Å². The first-order chi connectivity index (χ1) is 14.2. The Labute approximate surface area is 198 Å². The monoisotopic (exact) mass is 530 g/mol. The number of hydrogen-bond donors (Lipinski definition) is 3. The molecular weight excluding hydrogens is 491 g/mol. The van der Waals surface area contributed by atoms with Crippen molar-refractivity contribution in [2.24, 2.45) is 16.3 Å². The first-order valence-corrected chi connectivity index (χ1v) is 11.2. The van der Waals surface area contributed by atoms with Gasteiger partial charge in [-0.25, -0.2) is 0 Å². The Hall–Kier alpha value is -0.900. The van der Waals surface area contributed by atoms with Crippen LogP contribution in [0.3, 0.4) is 0 Å². The Morgan fingerprint density at radius 2 is 2.13 bits per heavy atom. The number of rotatable bonds is 10. The van der Waals surface area contributed by atoms with E-state index in [0.717, 1.165) is 58.0 Å². The van der Waals surface area contributed by atoms with Crippen LogP contribution in [-0.4, -0.2) is 75.1 Å². The number of benzene rings is 1. The van der Waals surface area contributed by atoms with Crippen LogP contribution in [0.5, 0.6) is 0 Å². The molecule has 30 heavy (non-hydrogen) atoms. The van der Waals surface area contributed by atoms with Crippen molar-refractivity contribution >= 4 is 29.9 Å². The van der Waals surface area contributed by atoms with Crippen molar-refractivity contribution in [3.05, 3.63) is 35.9 Å². The zero-order chi connectivity index (χ0) is 20.4. The lowest BCUT2D eigenvalue weighted by Crippen LogP contribution is -2.41. The molecule has 1 aromatic carbocycles. The van der Waals surface area contributed by atoms with Gasteiger partial charge >= 0.3 is 0 Å². The lowest BCUT2D eigenvalue weighted by atomic mass is 9.84. The maximum atomic E-state index is 9.41. The molecule has 0 aliphatic carbocycles. The molecule has 0 bridgehead atoms. The highest BCUT2D eigenvalue weighted by atomic mass is 127. The highest BCUT2D eigenvalue weighted by Gasteiger charge is 2.34. The number of halogens is 1. The average Bonchev–Trinajstić information content (AvgIpc) is 3.40. The summed E-state index contributed by atoms with van der Waals surface area (Å²) < 4.78 is 5.59. The van der Waals surface area contributed by atoms with Gasteiger partial charge in [-0.05, 0) is 50.6 Å². The molecule has 2 heterocycles. The molecular formula is C23H39IN4O2. The van der Waals surface area contributed by atoms with E-state index in [1.54, 1.807) is 0 Å². The van der Waals surface area contributed by atoms with E-state index in [2.05, 4.69) is 52.8 Å². The normalized spacial score (nSPS) is 24.6. The number of aliphatic imine (C=N–C) groups is 1. The van der Waals surface area contributed by atoms with E-state index < -0.39 is 0 Å². The second kappa shape index (κ2) is 13.5. The molecule has 3 rings (SSSR count). The van der Waals surface area contributed by atoms with E-state index >= 15 is 0 Å². The van der Waals surface area contributed by atoms with Crippen LogP contribution in [0.1, 0.15) is 31.7 Å². The highest BCUT2D eigenvalue weighted by Crippen LogP contribution is 2.32. The van der Waals surface area contributed by atoms with Crippen molar-refractivity contribution < 1.29 is 9.84 Å². The van der Waals surface area contributed by atoms with Gasteiger partial charge in [0.25, 0.3) is 0 Å². The molecule has 0 spiro atoms. The lowest BCUT2D eigenvalue weighted by molar-refractivity contribution is 0.131. The Balaban J connectivity index is 0.00000320. The Morgan fingerprint density at radius 1 is 1.30 bits per heavy atom. The molecule has 2 unspecified atom stereocenters. The molecule has 2 aliphatic rings. The van der Waals surface area contributed by atoms with Crippen molar-refractivity contribution in [1.29, 1.82) is 0 Å². The van der Waals surface area contributed by atoms with E-state index in [4.69, 9.17) is 9.73 Å². The number of guanidine groups is 1. The summed E-state index contributed by atoms with van der Waals surface area (Å²) in [5.74, 6) is 1.55. The van der Waals surface area contributed by atoms with Crippen molar-refractivity contribution in [3.8, 4) is 0 Å². The first-order valence-electron chi connectivity index (χ1n) is 11.2. The Morgan fingerprint density at radius 3 is 2.83 bits per heavy atom. The number of nitrogens with one attached hydrogen (secondary N) is 2. The van der Waals surface area contributed by atoms with Crippen molar-refractivity contribution in [2.75, 3.05) is 59.1 Å². The zero-order valence-electron chi connectivity index (χ0n) is 18.3. The van der Waals surface area contributed by atoms with Crippen LogP contribution in [-0.2, 0) is 11.2 Å². The molecule has 1 aromatic rings. The fraction of sp³-hybridized carbons (Fsp3) is 0.696. The molecule has 2 atom stereocenters. The van der Waals surface area contributed by atoms with Crippen LogP contribution in [0.4, 0.5) is 0 Å². The second-order valence-corrected chi connectivity index (χ2v) is 8.54. The quantitative estimate of drug-likeness (QED) is 0.247. The molecule has 170 valence electrons. The number of ether oxygens (including phenoxy) is 1. The zero-order valence-corrected chi connectivity index (χ0v) is 20.6. The van der Waals surface area contributed by atoms with Crippen LogP contribution < -0.4 is 10.6 Å². The van der Waals surface area contributed by atoms with Gasteiger partial charge in [0.15, 0.2) is 5.96 Å². The Kier molecular flexibility index (Phi) is 11.4. The standard InChI is InChI=1S/C23H38N4O2.HI/c1-2-24-22(26-18-23(10-14-28)11-15-29-19-23)25-16-21-9-13-27(17-21)12-8-20-6-4-3-5-7-20;/h3-7,21,28H,2,8-19H2,1H3,(H2,24,25,26);1H. The summed E-state index contributed by atoms with van der Waals surface area (Å²) in [4.78, 5) is 7.41. The highest BCUT2D eigenvalue weighted by molar-refractivity contribution is 14.0. The largest absolute Gasteiger partial charge is 0.396 e. The molecule has 2 fully saturated rings. The van der Waals surface area contributed by atoms with E-state index in [1.165, 1.54) is 18.5 Å². The first kappa shape index (κ1) is 25.4. The third-order valence-electron chi connectivity index (χ3n) is 6.23. The summed E-state index contributed by atoms with van der Waals surface area (Å²) in [7, 11) is 0. The number of hydrogen-bond acceptors (Lipinski definition) is 4. The lowest BCUT2D eigenvalue weighted by Gasteiger charge is -2.25. The third-order valence-corrected chi connectivity index (χ3v) is 6.23. The number of nitrogens with zero attached hydrogens (tertiary/aromatic N) is 2. The number of aliphatic hydroxyl groups is 1. The molecule has 2 saturated heterocycles. The fourth-order valence-electron chi connectivity index (χ4n) is 4.33. The minimum absolute atomic E-state index is 0. The van der Waals surface area contributed by atoms with Gasteiger partial charge < -0.3 is 25.4 Å². The molecule has 0 aromatic heterocycles.